The summed E-state index contributed by atoms with van der Waals surface area (Å²) in [6.07, 6.45) is 1.84. The number of nitrogens with zero attached hydrogens (tertiary/aromatic N) is 1. The Bertz CT molecular complexity index is 878. The number of aromatic amines is 1. The first-order valence-corrected chi connectivity index (χ1v) is 8.41. The van der Waals surface area contributed by atoms with Gasteiger partial charge in [-0.25, -0.2) is 4.39 Å². The summed E-state index contributed by atoms with van der Waals surface area (Å²) in [5, 5.41) is 1.05. The fraction of sp³-hybridized carbons (Fsp3) is 0.250. The number of amides is 1. The van der Waals surface area contributed by atoms with Crippen LogP contribution < -0.4 is 4.74 Å². The molecule has 0 unspecified atom stereocenters. The Morgan fingerprint density at radius 3 is 2.73 bits per heavy atom. The summed E-state index contributed by atoms with van der Waals surface area (Å²) in [5.74, 6) is -0.352. The Morgan fingerprint density at radius 1 is 1.12 bits per heavy atom. The van der Waals surface area contributed by atoms with Gasteiger partial charge in [-0.15, -0.1) is 0 Å². The summed E-state index contributed by atoms with van der Waals surface area (Å²) in [6, 6.07) is 13.7. The van der Waals surface area contributed by atoms with Crippen molar-refractivity contribution < 1.29 is 18.7 Å². The molecule has 0 atom stereocenters. The van der Waals surface area contributed by atoms with E-state index in [1.54, 1.807) is 36.3 Å². The monoisotopic (exact) mass is 356 g/mol. The minimum absolute atomic E-state index is 0.115. The fourth-order valence-corrected chi connectivity index (χ4v) is 2.71. The summed E-state index contributed by atoms with van der Waals surface area (Å²) >= 11 is 0. The Balaban J connectivity index is 1.68. The number of halogens is 1. The lowest BCUT2D eigenvalue weighted by atomic mass is 10.1. The third-order valence-corrected chi connectivity index (χ3v) is 4.11. The van der Waals surface area contributed by atoms with Crippen LogP contribution in [0.1, 0.15) is 10.4 Å². The molecule has 2 aromatic carbocycles. The minimum Gasteiger partial charge on any atom is -0.489 e. The van der Waals surface area contributed by atoms with Gasteiger partial charge in [0, 0.05) is 30.9 Å². The number of carbonyl (C=O) groups excluding carboxylic acids is 1. The van der Waals surface area contributed by atoms with Gasteiger partial charge in [0.25, 0.3) is 5.91 Å². The fourth-order valence-electron chi connectivity index (χ4n) is 2.71. The summed E-state index contributed by atoms with van der Waals surface area (Å²) in [7, 11) is 1.59. The lowest BCUT2D eigenvalue weighted by Gasteiger charge is -2.22. The second-order valence-electron chi connectivity index (χ2n) is 5.84. The number of hydrogen-bond acceptors (Lipinski definition) is 3. The first-order valence-electron chi connectivity index (χ1n) is 8.41. The number of fused-ring (bicyclic) bond motifs is 1. The molecule has 1 N–H and O–H groups in total. The van der Waals surface area contributed by atoms with Gasteiger partial charge in [-0.1, -0.05) is 18.2 Å². The first-order chi connectivity index (χ1) is 12.7. The normalized spacial score (nSPS) is 10.8. The summed E-state index contributed by atoms with van der Waals surface area (Å²) in [6.45, 7) is 1.37. The summed E-state index contributed by atoms with van der Waals surface area (Å²) < 4.78 is 24.2. The zero-order valence-electron chi connectivity index (χ0n) is 14.6. The average molecular weight is 356 g/mol. The SMILES string of the molecule is COCCN(CCOc1ccccc1F)C(=O)c1ccc2cc[nH]c2c1. The standard InChI is InChI=1S/C20H21FN2O3/c1-25-12-10-23(11-13-26-19-5-3-2-4-17(19)21)20(24)16-7-6-15-8-9-22-18(15)14-16/h2-9,14,22H,10-13H2,1H3. The number of carbonyl (C=O) groups is 1. The minimum atomic E-state index is -0.417. The molecule has 0 radical (unpaired) electrons. The molecule has 0 aliphatic heterocycles. The second-order valence-corrected chi connectivity index (χ2v) is 5.84. The van der Waals surface area contributed by atoms with Crippen molar-refractivity contribution >= 4 is 16.8 Å². The predicted molar refractivity (Wildman–Crippen MR) is 98.0 cm³/mol. The maximum Gasteiger partial charge on any atom is 0.254 e. The molecule has 0 saturated carbocycles. The smallest absolute Gasteiger partial charge is 0.254 e. The van der Waals surface area contributed by atoms with Crippen LogP contribution in [0.4, 0.5) is 4.39 Å². The van der Waals surface area contributed by atoms with Gasteiger partial charge in [-0.05, 0) is 35.7 Å². The van der Waals surface area contributed by atoms with Gasteiger partial charge in [-0.3, -0.25) is 4.79 Å². The Labute approximate surface area is 151 Å². The number of para-hydroxylation sites is 1. The number of ether oxygens (including phenoxy) is 2. The number of benzene rings is 2. The van der Waals surface area contributed by atoms with Crippen molar-refractivity contribution in [2.24, 2.45) is 0 Å². The molecule has 1 aromatic heterocycles. The molecule has 0 bridgehead atoms. The van der Waals surface area contributed by atoms with Crippen LogP contribution in [0.25, 0.3) is 10.9 Å². The van der Waals surface area contributed by atoms with E-state index >= 15 is 0 Å². The summed E-state index contributed by atoms with van der Waals surface area (Å²) in [4.78, 5) is 17.6. The molecule has 136 valence electrons. The molecule has 0 saturated heterocycles. The topological polar surface area (TPSA) is 54.6 Å². The molecular formula is C20H21FN2O3. The van der Waals surface area contributed by atoms with E-state index in [0.717, 1.165) is 10.9 Å². The molecule has 0 spiro atoms. The molecule has 26 heavy (non-hydrogen) atoms. The third kappa shape index (κ3) is 4.21. The maximum atomic E-state index is 13.6. The Kier molecular flexibility index (Phi) is 5.86. The van der Waals surface area contributed by atoms with Crippen molar-refractivity contribution in [3.63, 3.8) is 0 Å². The van der Waals surface area contributed by atoms with E-state index in [4.69, 9.17) is 9.47 Å². The Hall–Kier alpha value is -2.86. The number of methoxy groups -OCH3 is 1. The van der Waals surface area contributed by atoms with Crippen molar-refractivity contribution in [3.05, 3.63) is 66.1 Å². The van der Waals surface area contributed by atoms with Gasteiger partial charge >= 0.3 is 0 Å². The van der Waals surface area contributed by atoms with E-state index < -0.39 is 5.82 Å². The van der Waals surface area contributed by atoms with Crippen molar-refractivity contribution in [1.29, 1.82) is 0 Å². The van der Waals surface area contributed by atoms with Crippen molar-refractivity contribution in [1.82, 2.24) is 9.88 Å². The van der Waals surface area contributed by atoms with Gasteiger partial charge in [0.05, 0.1) is 13.2 Å². The number of aromatic nitrogens is 1. The van der Waals surface area contributed by atoms with Crippen LogP contribution in [0, 0.1) is 5.82 Å². The highest BCUT2D eigenvalue weighted by Crippen LogP contribution is 2.17. The van der Waals surface area contributed by atoms with Gasteiger partial charge < -0.3 is 19.4 Å². The van der Waals surface area contributed by atoms with Crippen molar-refractivity contribution in [3.8, 4) is 5.75 Å². The number of rotatable bonds is 8. The van der Waals surface area contributed by atoms with Gasteiger partial charge in [0.1, 0.15) is 6.61 Å². The van der Waals surface area contributed by atoms with E-state index in [2.05, 4.69) is 4.98 Å². The van der Waals surface area contributed by atoms with E-state index in [0.29, 0.717) is 25.3 Å². The maximum absolute atomic E-state index is 13.6. The number of nitrogens with one attached hydrogen (secondary N) is 1. The van der Waals surface area contributed by atoms with Crippen molar-refractivity contribution in [2.45, 2.75) is 0 Å². The van der Waals surface area contributed by atoms with Crippen LogP contribution >= 0.6 is 0 Å². The van der Waals surface area contributed by atoms with Gasteiger partial charge in [0.15, 0.2) is 11.6 Å². The van der Waals surface area contributed by atoms with Crippen LogP contribution in [0.15, 0.2) is 54.7 Å². The van der Waals surface area contributed by atoms with Crippen LogP contribution in [0.3, 0.4) is 0 Å². The van der Waals surface area contributed by atoms with Crippen LogP contribution in [0.5, 0.6) is 5.75 Å². The highest BCUT2D eigenvalue weighted by atomic mass is 19.1. The highest BCUT2D eigenvalue weighted by molar-refractivity contribution is 5.97. The molecule has 0 aliphatic carbocycles. The first kappa shape index (κ1) is 17.9. The van der Waals surface area contributed by atoms with Gasteiger partial charge in [-0.2, -0.15) is 0 Å². The van der Waals surface area contributed by atoms with E-state index in [-0.39, 0.29) is 18.3 Å². The largest absolute Gasteiger partial charge is 0.489 e. The Morgan fingerprint density at radius 2 is 1.92 bits per heavy atom. The van der Waals surface area contributed by atoms with E-state index in [1.165, 1.54) is 6.07 Å². The molecule has 3 rings (SSSR count). The predicted octanol–water partition coefficient (Wildman–Crippen LogP) is 3.47. The lowest BCUT2D eigenvalue weighted by Crippen LogP contribution is -2.37. The zero-order valence-corrected chi connectivity index (χ0v) is 14.6. The average Bonchev–Trinajstić information content (AvgIpc) is 3.13. The second kappa shape index (κ2) is 8.49. The highest BCUT2D eigenvalue weighted by Gasteiger charge is 2.16. The lowest BCUT2D eigenvalue weighted by molar-refractivity contribution is 0.0664. The van der Waals surface area contributed by atoms with Crippen LogP contribution in [-0.4, -0.2) is 49.2 Å². The molecule has 1 amide bonds. The van der Waals surface area contributed by atoms with Crippen LogP contribution in [0.2, 0.25) is 0 Å². The third-order valence-electron chi connectivity index (χ3n) is 4.11. The van der Waals surface area contributed by atoms with E-state index in [1.807, 2.05) is 24.4 Å². The van der Waals surface area contributed by atoms with Crippen molar-refractivity contribution in [2.75, 3.05) is 33.4 Å². The molecule has 5 nitrogen and oxygen atoms in total. The molecule has 0 aliphatic rings. The summed E-state index contributed by atoms with van der Waals surface area (Å²) in [5.41, 5.74) is 1.49. The quantitative estimate of drug-likeness (QED) is 0.672. The zero-order chi connectivity index (χ0) is 18.4. The molecular weight excluding hydrogens is 335 g/mol. The van der Waals surface area contributed by atoms with Crippen LogP contribution in [-0.2, 0) is 4.74 Å². The van der Waals surface area contributed by atoms with E-state index in [9.17, 15) is 9.18 Å². The molecule has 6 heteroatoms. The number of H-pyrrole nitrogens is 1. The van der Waals surface area contributed by atoms with Gasteiger partial charge in [0.2, 0.25) is 0 Å². The molecule has 0 fully saturated rings. The number of hydrogen-bond donors (Lipinski definition) is 1. The molecule has 1 heterocycles. The molecule has 3 aromatic rings.